The van der Waals surface area contributed by atoms with E-state index in [9.17, 15) is 58.2 Å². The lowest BCUT2D eigenvalue weighted by atomic mass is 9.81. The van der Waals surface area contributed by atoms with Gasteiger partial charge in [-0.25, -0.2) is 32.5 Å². The van der Waals surface area contributed by atoms with Crippen molar-refractivity contribution in [2.75, 3.05) is 103 Å². The molecule has 0 bridgehead atoms. The molecule has 0 aliphatic carbocycles. The molecule has 1 saturated heterocycles. The van der Waals surface area contributed by atoms with Gasteiger partial charge in [-0.15, -0.1) is 0 Å². The van der Waals surface area contributed by atoms with Crippen LogP contribution in [0, 0.1) is 11.8 Å². The summed E-state index contributed by atoms with van der Waals surface area (Å²) < 4.78 is 88.3. The van der Waals surface area contributed by atoms with Crippen LogP contribution < -0.4 is 56.1 Å². The van der Waals surface area contributed by atoms with Gasteiger partial charge < -0.3 is 79.4 Å². The number of nitrogens with zero attached hydrogens (tertiary/aromatic N) is 11. The average molecular weight is 1460 g/mol. The van der Waals surface area contributed by atoms with Crippen LogP contribution >= 0.6 is 23.2 Å². The van der Waals surface area contributed by atoms with Crippen LogP contribution in [-0.4, -0.2) is 164 Å². The Hall–Kier alpha value is -9.28. The summed E-state index contributed by atoms with van der Waals surface area (Å²) in [5.74, 6) is 4.88. The first kappa shape index (κ1) is 72.5. The van der Waals surface area contributed by atoms with Gasteiger partial charge in [-0.05, 0) is 109 Å². The van der Waals surface area contributed by atoms with Crippen molar-refractivity contribution >= 4 is 75.0 Å². The molecular weight excluding hydrogens is 1390 g/mol. The van der Waals surface area contributed by atoms with Gasteiger partial charge in [0.25, 0.3) is 19.6 Å². The van der Waals surface area contributed by atoms with Crippen molar-refractivity contribution in [1.82, 2.24) is 35.1 Å². The molecule has 5 unspecified atom stereocenters. The zero-order valence-electron chi connectivity index (χ0n) is 54.8. The molecule has 8 heterocycles. The lowest BCUT2D eigenvalue weighted by Gasteiger charge is -2.39. The Morgan fingerprint density at radius 1 is 0.892 bits per heavy atom. The van der Waals surface area contributed by atoms with Gasteiger partial charge in [0.05, 0.1) is 54.5 Å². The fraction of sp³-hybridized carbons (Fsp3) is 0.422. The van der Waals surface area contributed by atoms with Crippen molar-refractivity contribution in [3.63, 3.8) is 0 Å². The lowest BCUT2D eigenvalue weighted by Crippen LogP contribution is -2.45. The maximum absolute atomic E-state index is 14.1. The Labute approximate surface area is 580 Å². The Morgan fingerprint density at radius 3 is 2.41 bits per heavy atom. The largest absolute Gasteiger partial charge is 0.756 e. The topological polar surface area (TPSA) is 483 Å². The number of carboxylic acid groups (broad SMARTS) is 1. The lowest BCUT2D eigenvalue weighted by molar-refractivity contribution is -0.210. The van der Waals surface area contributed by atoms with Crippen molar-refractivity contribution in [3.8, 4) is 29.1 Å². The van der Waals surface area contributed by atoms with E-state index in [0.717, 1.165) is 117 Å². The third kappa shape index (κ3) is 16.8. The van der Waals surface area contributed by atoms with Crippen LogP contribution in [0.25, 0.3) is 37.5 Å². The number of nitrogens with one attached hydrogen (secondary N) is 3. The minimum absolute atomic E-state index is 0.0148. The van der Waals surface area contributed by atoms with Crippen LogP contribution in [0.15, 0.2) is 77.3 Å². The second-order valence-electron chi connectivity index (χ2n) is 24.4. The third-order valence-corrected chi connectivity index (χ3v) is 21.7. The van der Waals surface area contributed by atoms with Crippen molar-refractivity contribution in [2.24, 2.45) is 10.2 Å². The number of nitrogen functional groups attached to an aromatic ring is 1. The van der Waals surface area contributed by atoms with Crippen LogP contribution in [0.2, 0.25) is 0 Å². The number of hydrogen-bond donors (Lipinski definition) is 7. The molecule has 2 aromatic heterocycles. The minimum atomic E-state index is -5.83. The first-order chi connectivity index (χ1) is 49.1. The van der Waals surface area contributed by atoms with E-state index in [1.807, 2.05) is 0 Å². The Balaban J connectivity index is 0.611. The second kappa shape index (κ2) is 31.5. The number of rotatable bonds is 29. The molecular formula is C64H70N15O20P3. The number of aromatic carboxylic acids is 1. The molecule has 3 amide bonds. The van der Waals surface area contributed by atoms with Gasteiger partial charge in [-0.2, -0.15) is 0 Å². The molecule has 1 fully saturated rings. The third-order valence-electron chi connectivity index (χ3n) is 17.6. The molecule has 6 aliphatic rings. The van der Waals surface area contributed by atoms with Gasteiger partial charge in [0, 0.05) is 112 Å². The van der Waals surface area contributed by atoms with E-state index in [1.54, 1.807) is 24.3 Å². The number of aromatic nitrogens is 3. The van der Waals surface area contributed by atoms with Crippen molar-refractivity contribution < 1.29 is 94.2 Å². The summed E-state index contributed by atoms with van der Waals surface area (Å²) in [7, 11) is -16.1. The van der Waals surface area contributed by atoms with Crippen molar-refractivity contribution in [3.05, 3.63) is 154 Å². The number of phosphoric ester groups is 1. The SMILES string of the molecule is CP(=O)(O)OP(=O)([O-])OP(=O)(O)OC[C@H]1O[C@@H](n2cc(C#CCNC(=O)COCCOC(COc3cccc(C(=O)NCCNC(=O)c4ccc(C(=O)O)c(C5=c6cc7c8c(c6Oc6c5cc5c9c6CCCN9CCC5)CCC[N+]=8CCC7)c4)c3)N=[N+]=[N-])c3c(N)ncnc32)CC1OCN=[N+]=[N-]. The maximum Gasteiger partial charge on any atom is 0.478 e. The standard InChI is InChI=1S/C64H70N15O20P3/c1-100(85,86)98-102(89,90)99-101(87,88)95-32-50-49(94-36-73-75-66)30-53(96-50)79-31-41(54-60(65)71-35-72-61(54)79)9-3-17-68-51(80)33-91-24-25-92-52(74-76-67)34-93-42-12-2-8-39(26-42)62(81)69-18-19-70-63(82)40-15-16-43(64(83)84)46(29-40)55-47-27-37-10-4-20-77-22-6-13-44(56(37)77)58(47)97-59-45-14-7-23-78-21-5-11-38(57(45)78)28-48(55)59/h2,8,12,15-16,26-29,31,35,49-50,52-53H,4-7,10-11,13-14,17-25,30,32-34,36H2,1H3,(H8-,65,68,69,70,71,72,80,81,82,83,84,85,86,87,88,89,90)/t49?,50-,52?,53-/m1/s1. The van der Waals surface area contributed by atoms with Gasteiger partial charge in [0.15, 0.2) is 6.23 Å². The molecule has 0 saturated carbocycles. The van der Waals surface area contributed by atoms with Crippen molar-refractivity contribution in [2.45, 2.75) is 82.5 Å². The normalized spacial score (nSPS) is 19.0. The quantitative estimate of drug-likeness (QED) is 0.00623. The molecule has 0 radical (unpaired) electrons. The van der Waals surface area contributed by atoms with Crippen LogP contribution in [0.3, 0.4) is 0 Å². The van der Waals surface area contributed by atoms with Gasteiger partial charge in [-0.3, -0.25) is 28.0 Å². The summed E-state index contributed by atoms with van der Waals surface area (Å²) in [6, 6.07) is 15.3. The fourth-order valence-electron chi connectivity index (χ4n) is 13.5. The number of azide groups is 2. The van der Waals surface area contributed by atoms with E-state index in [4.69, 9.17) is 44.2 Å². The number of anilines is 2. The smallest absolute Gasteiger partial charge is 0.478 e. The monoisotopic (exact) mass is 1460 g/mol. The summed E-state index contributed by atoms with van der Waals surface area (Å²) in [4.78, 5) is 101. The van der Waals surface area contributed by atoms with Gasteiger partial charge in [0.1, 0.15) is 80.4 Å². The van der Waals surface area contributed by atoms with Crippen LogP contribution in [0.5, 0.6) is 17.2 Å². The highest BCUT2D eigenvalue weighted by Crippen LogP contribution is 2.64. The number of phosphoric acid groups is 2. The number of hydrogen-bond acceptors (Lipinski definition) is 23. The number of carboxylic acids is 1. The zero-order valence-corrected chi connectivity index (χ0v) is 57.5. The zero-order chi connectivity index (χ0) is 71.9. The van der Waals surface area contributed by atoms with E-state index in [1.165, 1.54) is 57.5 Å². The first-order valence-electron chi connectivity index (χ1n) is 32.5. The molecule has 102 heavy (non-hydrogen) atoms. The van der Waals surface area contributed by atoms with E-state index in [-0.39, 0.29) is 90.7 Å². The molecule has 536 valence electrons. The predicted octanol–water partition coefficient (Wildman–Crippen LogP) is 4.90. The summed E-state index contributed by atoms with van der Waals surface area (Å²) in [5.41, 5.74) is 33.3. The van der Waals surface area contributed by atoms with Crippen LogP contribution in [-0.2, 0) is 76.3 Å². The minimum Gasteiger partial charge on any atom is -0.756 e. The van der Waals surface area contributed by atoms with E-state index in [2.05, 4.69) is 88.0 Å². The number of carbonyl (C=O) groups excluding carboxylic acids is 3. The summed E-state index contributed by atoms with van der Waals surface area (Å²) in [5, 5.41) is 28.4. The Kier molecular flexibility index (Phi) is 22.4. The average Bonchev–Trinajstić information content (AvgIpc) is 1.34. The molecule has 6 aliphatic heterocycles. The first-order valence-corrected chi connectivity index (χ1v) is 37.5. The molecule has 38 heteroatoms. The van der Waals surface area contributed by atoms with E-state index < -0.39 is 91.5 Å². The highest BCUT2D eigenvalue weighted by atomic mass is 31.3. The fourth-order valence-corrected chi connectivity index (χ4v) is 16.9. The molecule has 12 rings (SSSR count). The number of nitrogens with two attached hydrogens (primary N) is 1. The van der Waals surface area contributed by atoms with Gasteiger partial charge in [-0.1, -0.05) is 28.1 Å². The van der Waals surface area contributed by atoms with Gasteiger partial charge >= 0.3 is 21.4 Å². The number of ether oxygens (including phenoxy) is 6. The van der Waals surface area contributed by atoms with E-state index in [0.29, 0.717) is 12.2 Å². The molecule has 4 aromatic carbocycles. The number of benzene rings is 4. The van der Waals surface area contributed by atoms with Crippen LogP contribution in [0.1, 0.15) is 108 Å². The Bertz CT molecular complexity index is 4790. The van der Waals surface area contributed by atoms with Crippen molar-refractivity contribution in [1.29, 1.82) is 0 Å². The molecule has 8 N–H and O–H groups in total. The summed E-state index contributed by atoms with van der Waals surface area (Å²) in [6.45, 7) is 1.98. The molecule has 35 nitrogen and oxygen atoms in total. The summed E-state index contributed by atoms with van der Waals surface area (Å²) in [6.07, 6.45) is 5.61. The summed E-state index contributed by atoms with van der Waals surface area (Å²) >= 11 is 0. The Morgan fingerprint density at radius 2 is 1.65 bits per heavy atom. The maximum atomic E-state index is 14.1. The predicted molar refractivity (Wildman–Crippen MR) is 361 cm³/mol. The number of aryl methyl sites for hydroxylation is 2. The number of fused-ring (bicyclic) bond motifs is 5. The van der Waals surface area contributed by atoms with E-state index >= 15 is 0 Å². The van der Waals surface area contributed by atoms with Gasteiger partial charge in [0.2, 0.25) is 11.3 Å². The highest BCUT2D eigenvalue weighted by Gasteiger charge is 2.42. The number of carbonyl (C=O) groups is 4. The number of amides is 3. The van der Waals surface area contributed by atoms with Crippen LogP contribution in [0.4, 0.5) is 11.5 Å². The molecule has 7 atom stereocenters. The molecule has 6 aromatic rings. The second-order valence-corrected chi connectivity index (χ2v) is 29.4. The highest BCUT2D eigenvalue weighted by molar-refractivity contribution is 7.67. The molecule has 0 spiro atoms.